The summed E-state index contributed by atoms with van der Waals surface area (Å²) in [5.74, 6) is 0.463. The van der Waals surface area contributed by atoms with Crippen LogP contribution in [0.1, 0.15) is 52.9 Å². The lowest BCUT2D eigenvalue weighted by atomic mass is 9.75. The van der Waals surface area contributed by atoms with Gasteiger partial charge in [0, 0.05) is 17.5 Å². The van der Waals surface area contributed by atoms with E-state index in [1.54, 1.807) is 6.20 Å². The van der Waals surface area contributed by atoms with E-state index in [0.29, 0.717) is 48.9 Å². The number of nitrogens with zero attached hydrogens (tertiary/aromatic N) is 2. The normalized spacial score (nSPS) is 17.8. The van der Waals surface area contributed by atoms with Crippen LogP contribution in [0.15, 0.2) is 72.9 Å². The van der Waals surface area contributed by atoms with E-state index in [-0.39, 0.29) is 11.8 Å². The third kappa shape index (κ3) is 4.04. The first-order chi connectivity index (χ1) is 18.6. The number of fused-ring (bicyclic) bond motifs is 5. The average molecular weight is 508 g/mol. The van der Waals surface area contributed by atoms with Crippen molar-refractivity contribution in [3.8, 4) is 11.5 Å². The predicted octanol–water partition coefficient (Wildman–Crippen LogP) is 5.51. The van der Waals surface area contributed by atoms with E-state index in [1.807, 2.05) is 85.5 Å². The number of nitrogens with one attached hydrogen (secondary N) is 1. The number of carbonyl (C=O) groups is 2. The number of hydrogen-bond acceptors (Lipinski definition) is 5. The summed E-state index contributed by atoms with van der Waals surface area (Å²) in [5, 5.41) is 4.04. The maximum atomic E-state index is 14.1. The summed E-state index contributed by atoms with van der Waals surface area (Å²) in [6, 6.07) is 20.6. The van der Waals surface area contributed by atoms with E-state index < -0.39 is 12.0 Å². The van der Waals surface area contributed by atoms with E-state index in [0.717, 1.165) is 27.6 Å². The van der Waals surface area contributed by atoms with E-state index in [4.69, 9.17) is 9.47 Å². The predicted molar refractivity (Wildman–Crippen MR) is 146 cm³/mol. The number of anilines is 1. The van der Waals surface area contributed by atoms with Gasteiger partial charge in [-0.25, -0.2) is 0 Å². The lowest BCUT2D eigenvalue weighted by Gasteiger charge is -2.45. The molecule has 4 aromatic rings. The van der Waals surface area contributed by atoms with E-state index in [1.165, 1.54) is 0 Å². The fraction of sp³-hybridized carbons (Fsp3) is 0.258. The number of carbonyl (C=O) groups excluding carboxylic acids is 2. The Morgan fingerprint density at radius 2 is 1.71 bits per heavy atom. The highest BCUT2D eigenvalue weighted by atomic mass is 16.5. The summed E-state index contributed by atoms with van der Waals surface area (Å²) in [6.45, 7) is 5.38. The molecule has 1 N–H and O–H groups in total. The molecule has 7 heteroatoms. The van der Waals surface area contributed by atoms with Gasteiger partial charge in [-0.2, -0.15) is 0 Å². The first-order valence-electron chi connectivity index (χ1n) is 13.1. The zero-order valence-electron chi connectivity index (χ0n) is 21.4. The zero-order chi connectivity index (χ0) is 26.2. The van der Waals surface area contributed by atoms with E-state index in [2.05, 4.69) is 10.3 Å². The van der Waals surface area contributed by atoms with Crippen LogP contribution in [0.4, 0.5) is 5.69 Å². The Bertz CT molecular complexity index is 1550. The molecule has 3 heterocycles. The maximum Gasteiger partial charge on any atom is 0.254 e. The number of rotatable bonds is 6. The van der Waals surface area contributed by atoms with Gasteiger partial charge in [0.2, 0.25) is 5.91 Å². The van der Waals surface area contributed by atoms with Gasteiger partial charge >= 0.3 is 0 Å². The molecule has 3 aromatic carbocycles. The number of hydrogen-bond donors (Lipinski definition) is 1. The van der Waals surface area contributed by atoms with Crippen molar-refractivity contribution in [2.24, 2.45) is 0 Å². The van der Waals surface area contributed by atoms with Crippen molar-refractivity contribution < 1.29 is 19.1 Å². The van der Waals surface area contributed by atoms with Crippen molar-refractivity contribution in [3.63, 3.8) is 0 Å². The van der Waals surface area contributed by atoms with Gasteiger partial charge in [0.25, 0.3) is 5.91 Å². The van der Waals surface area contributed by atoms with Gasteiger partial charge in [-0.15, -0.1) is 0 Å². The molecule has 0 bridgehead atoms. The Hall–Kier alpha value is -4.39. The summed E-state index contributed by atoms with van der Waals surface area (Å²) in [5.41, 5.74) is 4.76. The Kier molecular flexibility index (Phi) is 6.19. The topological polar surface area (TPSA) is 80.8 Å². The molecule has 0 radical (unpaired) electrons. The molecule has 2 amide bonds. The van der Waals surface area contributed by atoms with E-state index in [9.17, 15) is 9.59 Å². The summed E-state index contributed by atoms with van der Waals surface area (Å²) < 4.78 is 11.8. The number of benzene rings is 3. The number of ether oxygens (including phenoxy) is 2. The molecular weight excluding hydrogens is 478 g/mol. The van der Waals surface area contributed by atoms with E-state index >= 15 is 0 Å². The summed E-state index contributed by atoms with van der Waals surface area (Å²) >= 11 is 0. The third-order valence-electron chi connectivity index (χ3n) is 7.33. The minimum atomic E-state index is -0.609. The first kappa shape index (κ1) is 24.0. The lowest BCUT2D eigenvalue weighted by Crippen LogP contribution is -2.49. The largest absolute Gasteiger partial charge is 0.490 e. The van der Waals surface area contributed by atoms with Crippen LogP contribution in [0.3, 0.4) is 0 Å². The molecule has 2 atom stereocenters. The van der Waals surface area contributed by atoms with Crippen LogP contribution < -0.4 is 14.8 Å². The number of para-hydroxylation sites is 1. The molecule has 2 aliphatic rings. The van der Waals surface area contributed by atoms with Crippen molar-refractivity contribution in [1.29, 1.82) is 0 Å². The Labute approximate surface area is 221 Å². The highest BCUT2D eigenvalue weighted by Crippen LogP contribution is 2.48. The fourth-order valence-electron chi connectivity index (χ4n) is 5.71. The second-order valence-corrected chi connectivity index (χ2v) is 9.53. The Morgan fingerprint density at radius 1 is 0.974 bits per heavy atom. The second-order valence-electron chi connectivity index (χ2n) is 9.53. The molecule has 2 aliphatic heterocycles. The molecule has 0 unspecified atom stereocenters. The van der Waals surface area contributed by atoms with Crippen molar-refractivity contribution in [2.75, 3.05) is 25.1 Å². The molecule has 0 saturated carbocycles. The average Bonchev–Trinajstić information content (AvgIpc) is 2.94. The molecule has 0 saturated heterocycles. The van der Waals surface area contributed by atoms with Crippen molar-refractivity contribution in [1.82, 2.24) is 9.88 Å². The second kappa shape index (κ2) is 9.82. The standard InChI is InChI=1S/C31H29N3O4/c1-3-37-26-16-19-13-14-34-29(24(19)17-27(26)38-4-2)28(22-10-6-7-11-23(22)31(34)36)30(35)33-21-15-20-9-5-8-12-25(20)32-18-21/h5-12,15-18,28-29H,3-4,13-14H2,1-2H3,(H,33,35)/t28-,29+/m0/s1. The van der Waals surface area contributed by atoms with Crippen LogP contribution in [0, 0.1) is 0 Å². The third-order valence-corrected chi connectivity index (χ3v) is 7.33. The molecule has 0 aliphatic carbocycles. The Morgan fingerprint density at radius 3 is 2.53 bits per heavy atom. The number of pyridine rings is 1. The number of amides is 2. The van der Waals surface area contributed by atoms with Gasteiger partial charge in [0.05, 0.1) is 42.6 Å². The SMILES string of the molecule is CCOc1cc2c(cc1OCC)[C@@H]1[C@@H](C(=O)Nc3cnc4ccccc4c3)c3ccccc3C(=O)N1CC2. The van der Waals surface area contributed by atoms with Crippen molar-refractivity contribution in [3.05, 3.63) is 95.2 Å². The smallest absolute Gasteiger partial charge is 0.254 e. The van der Waals surface area contributed by atoms with Crippen LogP contribution in [0.2, 0.25) is 0 Å². The molecule has 0 fully saturated rings. The highest BCUT2D eigenvalue weighted by molar-refractivity contribution is 6.05. The van der Waals surface area contributed by atoms with Gasteiger partial charge in [-0.05, 0) is 67.3 Å². The quantitative estimate of drug-likeness (QED) is 0.372. The van der Waals surface area contributed by atoms with Gasteiger partial charge in [-0.1, -0.05) is 36.4 Å². The van der Waals surface area contributed by atoms with Gasteiger partial charge in [0.1, 0.15) is 0 Å². The fourth-order valence-corrected chi connectivity index (χ4v) is 5.71. The molecule has 38 heavy (non-hydrogen) atoms. The molecule has 6 rings (SSSR count). The molecule has 0 spiro atoms. The van der Waals surface area contributed by atoms with Crippen LogP contribution in [0.5, 0.6) is 11.5 Å². The van der Waals surface area contributed by atoms with Crippen molar-refractivity contribution >= 4 is 28.4 Å². The number of aromatic nitrogens is 1. The lowest BCUT2D eigenvalue weighted by molar-refractivity contribution is -0.119. The molecule has 7 nitrogen and oxygen atoms in total. The maximum absolute atomic E-state index is 14.1. The zero-order valence-corrected chi connectivity index (χ0v) is 21.4. The van der Waals surface area contributed by atoms with Gasteiger partial charge in [-0.3, -0.25) is 14.6 Å². The van der Waals surface area contributed by atoms with Crippen LogP contribution in [-0.2, 0) is 11.2 Å². The first-order valence-corrected chi connectivity index (χ1v) is 13.1. The van der Waals surface area contributed by atoms with Crippen LogP contribution in [-0.4, -0.2) is 41.5 Å². The molecule has 1 aromatic heterocycles. The van der Waals surface area contributed by atoms with Crippen LogP contribution >= 0.6 is 0 Å². The van der Waals surface area contributed by atoms with Crippen LogP contribution in [0.25, 0.3) is 10.9 Å². The summed E-state index contributed by atoms with van der Waals surface area (Å²) in [7, 11) is 0. The highest BCUT2D eigenvalue weighted by Gasteiger charge is 2.46. The minimum Gasteiger partial charge on any atom is -0.490 e. The van der Waals surface area contributed by atoms with Gasteiger partial charge in [0.15, 0.2) is 11.5 Å². The summed E-state index contributed by atoms with van der Waals surface area (Å²) in [6.07, 6.45) is 2.35. The molecular formula is C31H29N3O4. The summed E-state index contributed by atoms with van der Waals surface area (Å²) in [4.78, 5) is 34.1. The monoisotopic (exact) mass is 507 g/mol. The van der Waals surface area contributed by atoms with Gasteiger partial charge < -0.3 is 19.7 Å². The minimum absolute atomic E-state index is 0.0560. The molecule has 192 valence electrons. The Balaban J connectivity index is 1.46. The van der Waals surface area contributed by atoms with Crippen molar-refractivity contribution in [2.45, 2.75) is 32.2 Å².